The topological polar surface area (TPSA) is 43.4 Å². The van der Waals surface area contributed by atoms with E-state index in [0.717, 1.165) is 12.8 Å². The summed E-state index contributed by atoms with van der Waals surface area (Å²) in [6.07, 6.45) is 2.10. The third-order valence-corrected chi connectivity index (χ3v) is 2.98. The molecule has 0 heterocycles. The Kier molecular flexibility index (Phi) is 3.27. The van der Waals surface area contributed by atoms with Crippen molar-refractivity contribution < 1.29 is 14.3 Å². The van der Waals surface area contributed by atoms with Gasteiger partial charge in [-0.15, -0.1) is 0 Å². The van der Waals surface area contributed by atoms with Crippen molar-refractivity contribution >= 4 is 11.8 Å². The highest BCUT2D eigenvalue weighted by Crippen LogP contribution is 2.44. The van der Waals surface area contributed by atoms with E-state index in [2.05, 4.69) is 6.58 Å². The van der Waals surface area contributed by atoms with Crippen molar-refractivity contribution in [1.29, 1.82) is 0 Å². The summed E-state index contributed by atoms with van der Waals surface area (Å²) in [5.74, 6) is -0.584. The van der Waals surface area contributed by atoms with Crippen molar-refractivity contribution in [2.75, 3.05) is 0 Å². The molecule has 0 aromatic rings. The van der Waals surface area contributed by atoms with Crippen molar-refractivity contribution in [1.82, 2.24) is 0 Å². The SMILES string of the molecule is C=C1CCCC1(C(C)=O)C(=O)OC(C)(C)C. The normalized spacial score (nSPS) is 25.6. The molecule has 1 unspecified atom stereocenters. The van der Waals surface area contributed by atoms with Gasteiger partial charge in [0.25, 0.3) is 0 Å². The number of Topliss-reactive ketones (excluding diaryl/α,β-unsaturated/α-hetero) is 1. The van der Waals surface area contributed by atoms with E-state index in [4.69, 9.17) is 4.74 Å². The number of carbonyl (C=O) groups excluding carboxylic acids is 2. The first-order valence-corrected chi connectivity index (χ1v) is 5.63. The van der Waals surface area contributed by atoms with Crippen molar-refractivity contribution in [2.45, 2.75) is 52.6 Å². The van der Waals surface area contributed by atoms with Gasteiger partial charge in [-0.05, 0) is 47.0 Å². The van der Waals surface area contributed by atoms with Crippen LogP contribution in [0.3, 0.4) is 0 Å². The van der Waals surface area contributed by atoms with Gasteiger partial charge in [0.2, 0.25) is 0 Å². The van der Waals surface area contributed by atoms with Crippen molar-refractivity contribution in [3.63, 3.8) is 0 Å². The van der Waals surface area contributed by atoms with Crippen LogP contribution in [0.4, 0.5) is 0 Å². The molecule has 1 aliphatic rings. The monoisotopic (exact) mass is 224 g/mol. The Morgan fingerprint density at radius 2 is 1.94 bits per heavy atom. The maximum Gasteiger partial charge on any atom is 0.324 e. The minimum Gasteiger partial charge on any atom is -0.459 e. The lowest BCUT2D eigenvalue weighted by Crippen LogP contribution is -2.41. The van der Waals surface area contributed by atoms with Crippen molar-refractivity contribution in [2.24, 2.45) is 5.41 Å². The third-order valence-electron chi connectivity index (χ3n) is 2.98. The summed E-state index contributed by atoms with van der Waals surface area (Å²) >= 11 is 0. The number of carbonyl (C=O) groups is 2. The summed E-state index contributed by atoms with van der Waals surface area (Å²) < 4.78 is 5.34. The predicted molar refractivity (Wildman–Crippen MR) is 62.0 cm³/mol. The van der Waals surface area contributed by atoms with Gasteiger partial charge in [-0.3, -0.25) is 9.59 Å². The van der Waals surface area contributed by atoms with Crippen molar-refractivity contribution in [3.8, 4) is 0 Å². The minimum atomic E-state index is -1.08. The Morgan fingerprint density at radius 1 is 1.38 bits per heavy atom. The molecule has 1 rings (SSSR count). The Hall–Kier alpha value is -1.12. The summed E-state index contributed by atoms with van der Waals surface area (Å²) in [5.41, 5.74) is -0.940. The smallest absolute Gasteiger partial charge is 0.324 e. The van der Waals surface area contributed by atoms with Gasteiger partial charge in [0.1, 0.15) is 11.0 Å². The Balaban J connectivity index is 3.00. The van der Waals surface area contributed by atoms with Crippen LogP contribution in [-0.4, -0.2) is 17.4 Å². The number of rotatable bonds is 2. The molecule has 1 atom stereocenters. The largest absolute Gasteiger partial charge is 0.459 e. The van der Waals surface area contributed by atoms with Gasteiger partial charge in [0, 0.05) is 0 Å². The van der Waals surface area contributed by atoms with E-state index in [1.165, 1.54) is 6.92 Å². The van der Waals surface area contributed by atoms with Gasteiger partial charge in [0.15, 0.2) is 5.78 Å². The zero-order valence-electron chi connectivity index (χ0n) is 10.6. The van der Waals surface area contributed by atoms with Crippen LogP contribution in [0.1, 0.15) is 47.0 Å². The predicted octanol–water partition coefficient (Wildman–Crippen LogP) is 2.64. The summed E-state index contributed by atoms with van der Waals surface area (Å²) in [6, 6.07) is 0. The van der Waals surface area contributed by atoms with Crippen LogP contribution in [0, 0.1) is 5.41 Å². The van der Waals surface area contributed by atoms with E-state index in [1.54, 1.807) is 20.8 Å². The van der Waals surface area contributed by atoms with Gasteiger partial charge in [0.05, 0.1) is 0 Å². The molecule has 0 aliphatic heterocycles. The van der Waals surface area contributed by atoms with Gasteiger partial charge in [-0.25, -0.2) is 0 Å². The Morgan fingerprint density at radius 3 is 2.25 bits per heavy atom. The summed E-state index contributed by atoms with van der Waals surface area (Å²) in [7, 11) is 0. The summed E-state index contributed by atoms with van der Waals surface area (Å²) in [5, 5.41) is 0. The highest BCUT2D eigenvalue weighted by atomic mass is 16.6. The van der Waals surface area contributed by atoms with E-state index in [-0.39, 0.29) is 5.78 Å². The molecule has 0 aromatic heterocycles. The fourth-order valence-corrected chi connectivity index (χ4v) is 2.14. The molecule has 3 nitrogen and oxygen atoms in total. The zero-order chi connectivity index (χ0) is 12.6. The van der Waals surface area contributed by atoms with Gasteiger partial charge < -0.3 is 4.74 Å². The van der Waals surface area contributed by atoms with Gasteiger partial charge in [-0.2, -0.15) is 0 Å². The van der Waals surface area contributed by atoms with Crippen LogP contribution >= 0.6 is 0 Å². The summed E-state index contributed by atoms with van der Waals surface area (Å²) in [6.45, 7) is 10.7. The molecular weight excluding hydrogens is 204 g/mol. The summed E-state index contributed by atoms with van der Waals surface area (Å²) in [4.78, 5) is 23.9. The molecule has 0 spiro atoms. The van der Waals surface area contributed by atoms with Gasteiger partial charge >= 0.3 is 5.97 Å². The highest BCUT2D eigenvalue weighted by molar-refractivity contribution is 6.06. The first-order valence-electron chi connectivity index (χ1n) is 5.63. The molecule has 1 saturated carbocycles. The molecule has 1 aliphatic carbocycles. The molecule has 0 saturated heterocycles. The lowest BCUT2D eigenvalue weighted by Gasteiger charge is -2.30. The van der Waals surface area contributed by atoms with E-state index < -0.39 is 17.0 Å². The maximum atomic E-state index is 12.1. The van der Waals surface area contributed by atoms with Crippen LogP contribution in [-0.2, 0) is 14.3 Å². The lowest BCUT2D eigenvalue weighted by atomic mass is 9.79. The number of hydrogen-bond donors (Lipinski definition) is 0. The molecule has 3 heteroatoms. The second kappa shape index (κ2) is 4.04. The number of hydrogen-bond acceptors (Lipinski definition) is 3. The van der Waals surface area contributed by atoms with E-state index in [9.17, 15) is 9.59 Å². The van der Waals surface area contributed by atoms with Crippen LogP contribution < -0.4 is 0 Å². The Bertz CT molecular complexity index is 336. The fourth-order valence-electron chi connectivity index (χ4n) is 2.14. The van der Waals surface area contributed by atoms with Gasteiger partial charge in [-0.1, -0.05) is 12.2 Å². The van der Waals surface area contributed by atoms with Crippen LogP contribution in [0.15, 0.2) is 12.2 Å². The van der Waals surface area contributed by atoms with Crippen molar-refractivity contribution in [3.05, 3.63) is 12.2 Å². The fraction of sp³-hybridized carbons (Fsp3) is 0.692. The molecule has 0 aromatic carbocycles. The molecule has 0 N–H and O–H groups in total. The molecule has 1 fully saturated rings. The third kappa shape index (κ3) is 2.18. The molecular formula is C13H20O3. The molecule has 90 valence electrons. The average molecular weight is 224 g/mol. The zero-order valence-corrected chi connectivity index (χ0v) is 10.6. The minimum absolute atomic E-state index is 0.149. The second-order valence-corrected chi connectivity index (χ2v) is 5.42. The standard InChI is InChI=1S/C13H20O3/c1-9-7-6-8-13(9,10(2)14)11(15)16-12(3,4)5/h1,6-8H2,2-5H3. The first kappa shape index (κ1) is 12.9. The number of esters is 1. The highest BCUT2D eigenvalue weighted by Gasteiger charge is 2.50. The lowest BCUT2D eigenvalue weighted by molar-refractivity contribution is -0.167. The average Bonchev–Trinajstić information content (AvgIpc) is 2.44. The first-order chi connectivity index (χ1) is 7.20. The molecule has 0 radical (unpaired) electrons. The molecule has 16 heavy (non-hydrogen) atoms. The van der Waals surface area contributed by atoms with Crippen LogP contribution in [0.5, 0.6) is 0 Å². The molecule has 0 amide bonds. The van der Waals surface area contributed by atoms with E-state index in [1.807, 2.05) is 0 Å². The molecule has 0 bridgehead atoms. The Labute approximate surface area is 96.9 Å². The van der Waals surface area contributed by atoms with Crippen LogP contribution in [0.2, 0.25) is 0 Å². The second-order valence-electron chi connectivity index (χ2n) is 5.42. The van der Waals surface area contributed by atoms with E-state index >= 15 is 0 Å². The number of ether oxygens (including phenoxy) is 1. The maximum absolute atomic E-state index is 12.1. The quantitative estimate of drug-likeness (QED) is 0.411. The van der Waals surface area contributed by atoms with Crippen LogP contribution in [0.25, 0.3) is 0 Å². The number of ketones is 1. The van der Waals surface area contributed by atoms with E-state index in [0.29, 0.717) is 12.0 Å².